The van der Waals surface area contributed by atoms with Gasteiger partial charge in [-0.15, -0.1) is 0 Å². The van der Waals surface area contributed by atoms with E-state index in [1.165, 1.54) is 0 Å². The first-order valence-corrected chi connectivity index (χ1v) is 10.3. The third-order valence-corrected chi connectivity index (χ3v) is 9.01. The molecule has 0 aromatic heterocycles. The Labute approximate surface area is 130 Å². The van der Waals surface area contributed by atoms with Gasteiger partial charge < -0.3 is 14.3 Å². The van der Waals surface area contributed by atoms with Crippen molar-refractivity contribution >= 4 is 30.9 Å². The Balaban J connectivity index is 2.88. The van der Waals surface area contributed by atoms with Crippen LogP contribution in [0.25, 0.3) is 0 Å². The normalized spacial score (nSPS) is 12.6. The van der Waals surface area contributed by atoms with E-state index in [-0.39, 0.29) is 10.8 Å². The first kappa shape index (κ1) is 16.8. The molecule has 0 aliphatic heterocycles. The third-order valence-electron chi connectivity index (χ3n) is 3.71. The maximum absolute atomic E-state index is 9.81. The van der Waals surface area contributed by atoms with Crippen LogP contribution in [-0.2, 0) is 11.0 Å². The molecule has 0 heterocycles. The number of phenolic OH excluding ortho intramolecular Hbond substituents is 1. The van der Waals surface area contributed by atoms with Crippen LogP contribution < -0.4 is 4.74 Å². The Morgan fingerprint density at radius 1 is 1.26 bits per heavy atom. The second-order valence-corrected chi connectivity index (χ2v) is 12.1. The summed E-state index contributed by atoms with van der Waals surface area (Å²) in [6, 6.07) is 3.77. The second kappa shape index (κ2) is 6.01. The minimum atomic E-state index is -1.75. The molecule has 0 saturated carbocycles. The number of phenols is 1. The van der Waals surface area contributed by atoms with Crippen molar-refractivity contribution in [1.82, 2.24) is 0 Å². The molecule has 108 valence electrons. The zero-order chi connectivity index (χ0) is 14.8. The van der Waals surface area contributed by atoms with Crippen molar-refractivity contribution in [3.63, 3.8) is 0 Å². The Morgan fingerprint density at radius 3 is 2.32 bits per heavy atom. The average Bonchev–Trinajstić information content (AvgIpc) is 2.29. The molecule has 0 atom stereocenters. The van der Waals surface area contributed by atoms with Crippen molar-refractivity contribution < 1.29 is 14.3 Å². The largest absolute Gasteiger partial charge is 0.504 e. The van der Waals surface area contributed by atoms with Gasteiger partial charge in [-0.2, -0.15) is 0 Å². The molecule has 0 saturated heterocycles. The van der Waals surface area contributed by atoms with Gasteiger partial charge >= 0.3 is 0 Å². The highest BCUT2D eigenvalue weighted by atomic mass is 127. The predicted molar refractivity (Wildman–Crippen MR) is 89.4 cm³/mol. The predicted octanol–water partition coefficient (Wildman–Crippen LogP) is 4.53. The molecular formula is C14H23IO3Si. The minimum absolute atomic E-state index is 0.194. The van der Waals surface area contributed by atoms with E-state index >= 15 is 0 Å². The van der Waals surface area contributed by atoms with Gasteiger partial charge in [0.2, 0.25) is 0 Å². The average molecular weight is 394 g/mol. The quantitative estimate of drug-likeness (QED) is 0.603. The first-order chi connectivity index (χ1) is 8.58. The monoisotopic (exact) mass is 394 g/mol. The molecule has 5 heteroatoms. The molecule has 0 amide bonds. The van der Waals surface area contributed by atoms with Gasteiger partial charge in [0.25, 0.3) is 0 Å². The minimum Gasteiger partial charge on any atom is -0.504 e. The van der Waals surface area contributed by atoms with E-state index in [9.17, 15) is 5.11 Å². The summed E-state index contributed by atoms with van der Waals surface area (Å²) in [5, 5.41) is 10.0. The lowest BCUT2D eigenvalue weighted by Gasteiger charge is -2.36. The van der Waals surface area contributed by atoms with Crippen molar-refractivity contribution in [2.45, 2.75) is 45.5 Å². The van der Waals surface area contributed by atoms with Gasteiger partial charge in [-0.3, -0.25) is 0 Å². The van der Waals surface area contributed by atoms with E-state index in [4.69, 9.17) is 9.16 Å². The molecule has 1 rings (SSSR count). The molecule has 3 nitrogen and oxygen atoms in total. The van der Waals surface area contributed by atoms with Gasteiger partial charge in [0.15, 0.2) is 19.8 Å². The number of aromatic hydroxyl groups is 1. The van der Waals surface area contributed by atoms with Gasteiger partial charge in [-0.05, 0) is 58.4 Å². The van der Waals surface area contributed by atoms with Gasteiger partial charge in [0.1, 0.15) is 0 Å². The maximum atomic E-state index is 9.81. The van der Waals surface area contributed by atoms with Crippen LogP contribution in [0.2, 0.25) is 18.1 Å². The SMILES string of the molecule is COc1cc(CO[Si](C)(C)C(C)(C)C)cc(I)c1O. The fourth-order valence-electron chi connectivity index (χ4n) is 1.35. The lowest BCUT2D eigenvalue weighted by Crippen LogP contribution is -2.40. The number of hydrogen-bond acceptors (Lipinski definition) is 3. The zero-order valence-electron chi connectivity index (χ0n) is 12.5. The summed E-state index contributed by atoms with van der Waals surface area (Å²) in [5.74, 6) is 0.694. The molecule has 1 aromatic rings. The standard InChI is InChI=1S/C14H23IO3Si/c1-14(2,3)19(5,6)18-9-10-7-11(15)13(16)12(8-10)17-4/h7-8,16H,9H2,1-6H3. The van der Waals surface area contributed by atoms with Crippen LogP contribution in [0.4, 0.5) is 0 Å². The van der Waals surface area contributed by atoms with E-state index in [1.54, 1.807) is 7.11 Å². The zero-order valence-corrected chi connectivity index (χ0v) is 15.7. The summed E-state index contributed by atoms with van der Waals surface area (Å²) in [4.78, 5) is 0. The number of hydrogen-bond donors (Lipinski definition) is 1. The van der Waals surface area contributed by atoms with Crippen molar-refractivity contribution in [3.05, 3.63) is 21.3 Å². The second-order valence-electron chi connectivity index (χ2n) is 6.18. The summed E-state index contributed by atoms with van der Waals surface area (Å²) < 4.78 is 12.1. The Kier molecular flexibility index (Phi) is 5.31. The van der Waals surface area contributed by atoms with Crippen molar-refractivity contribution in [1.29, 1.82) is 0 Å². The van der Waals surface area contributed by atoms with Gasteiger partial charge in [0, 0.05) is 0 Å². The highest BCUT2D eigenvalue weighted by Gasteiger charge is 2.37. The molecular weight excluding hydrogens is 371 g/mol. The number of methoxy groups -OCH3 is 1. The smallest absolute Gasteiger partial charge is 0.192 e. The van der Waals surface area contributed by atoms with E-state index in [0.717, 1.165) is 9.13 Å². The molecule has 0 unspecified atom stereocenters. The summed E-state index contributed by atoms with van der Waals surface area (Å²) >= 11 is 2.10. The summed E-state index contributed by atoms with van der Waals surface area (Å²) in [6.45, 7) is 11.7. The fraction of sp³-hybridized carbons (Fsp3) is 0.571. The molecule has 0 aliphatic carbocycles. The van der Waals surface area contributed by atoms with Crippen molar-refractivity contribution in [2.24, 2.45) is 0 Å². The van der Waals surface area contributed by atoms with Crippen molar-refractivity contribution in [2.75, 3.05) is 7.11 Å². The van der Waals surface area contributed by atoms with Crippen LogP contribution in [0.1, 0.15) is 26.3 Å². The molecule has 1 aromatic carbocycles. The molecule has 0 spiro atoms. The molecule has 1 N–H and O–H groups in total. The van der Waals surface area contributed by atoms with Crippen LogP contribution in [0.15, 0.2) is 12.1 Å². The van der Waals surface area contributed by atoms with E-state index in [2.05, 4.69) is 56.5 Å². The molecule has 0 fully saturated rings. The van der Waals surface area contributed by atoms with Crippen LogP contribution in [0.5, 0.6) is 11.5 Å². The van der Waals surface area contributed by atoms with Gasteiger partial charge in [-0.25, -0.2) is 0 Å². The van der Waals surface area contributed by atoms with Gasteiger partial charge in [0.05, 0.1) is 17.3 Å². The number of halogens is 1. The Hall–Kier alpha value is -0.273. The van der Waals surface area contributed by atoms with Crippen LogP contribution in [-0.4, -0.2) is 20.5 Å². The number of rotatable bonds is 4. The third kappa shape index (κ3) is 4.09. The van der Waals surface area contributed by atoms with Crippen molar-refractivity contribution in [3.8, 4) is 11.5 Å². The summed E-state index contributed by atoms with van der Waals surface area (Å²) in [7, 11) is -0.193. The highest BCUT2D eigenvalue weighted by molar-refractivity contribution is 14.1. The first-order valence-electron chi connectivity index (χ1n) is 6.28. The lowest BCUT2D eigenvalue weighted by molar-refractivity contribution is 0.275. The van der Waals surface area contributed by atoms with Gasteiger partial charge in [-0.1, -0.05) is 20.8 Å². The molecule has 0 aliphatic rings. The van der Waals surface area contributed by atoms with Crippen LogP contribution in [0, 0.1) is 3.57 Å². The molecule has 0 bridgehead atoms. The maximum Gasteiger partial charge on any atom is 0.192 e. The molecule has 0 radical (unpaired) electrons. The lowest BCUT2D eigenvalue weighted by atomic mass is 10.2. The van der Waals surface area contributed by atoms with E-state index in [0.29, 0.717) is 12.4 Å². The number of ether oxygens (including phenoxy) is 1. The van der Waals surface area contributed by atoms with Crippen LogP contribution in [0.3, 0.4) is 0 Å². The highest BCUT2D eigenvalue weighted by Crippen LogP contribution is 2.38. The summed E-state index contributed by atoms with van der Waals surface area (Å²) in [6.07, 6.45) is 0. The topological polar surface area (TPSA) is 38.7 Å². The molecule has 19 heavy (non-hydrogen) atoms. The fourth-order valence-corrected chi connectivity index (χ4v) is 2.97. The Bertz CT molecular complexity index is 453. The summed E-state index contributed by atoms with van der Waals surface area (Å²) in [5.41, 5.74) is 1.03. The van der Waals surface area contributed by atoms with Crippen LogP contribution >= 0.6 is 22.6 Å². The van der Waals surface area contributed by atoms with E-state index < -0.39 is 8.32 Å². The number of benzene rings is 1. The van der Waals surface area contributed by atoms with E-state index in [1.807, 2.05) is 12.1 Å². The Morgan fingerprint density at radius 2 is 1.84 bits per heavy atom.